The second-order valence-corrected chi connectivity index (χ2v) is 5.10. The van der Waals surface area contributed by atoms with Crippen LogP contribution < -0.4 is 20.7 Å². The quantitative estimate of drug-likeness (QED) is 0.464. The van der Waals surface area contributed by atoms with Crippen molar-refractivity contribution in [3.8, 4) is 11.5 Å². The molecule has 1 fully saturated rings. The van der Waals surface area contributed by atoms with Crippen molar-refractivity contribution >= 4 is 11.8 Å². The Balaban J connectivity index is 1.82. The molecule has 1 aliphatic rings. The average molecular weight is 307 g/mol. The van der Waals surface area contributed by atoms with Crippen LogP contribution in [0.5, 0.6) is 11.5 Å². The molecule has 0 radical (unpaired) electrons. The van der Waals surface area contributed by atoms with Crippen LogP contribution in [-0.4, -0.2) is 43.5 Å². The summed E-state index contributed by atoms with van der Waals surface area (Å²) in [6.45, 7) is 1.02. The Morgan fingerprint density at radius 1 is 1.27 bits per heavy atom. The van der Waals surface area contributed by atoms with Crippen molar-refractivity contribution in [2.75, 3.05) is 26.8 Å². The van der Waals surface area contributed by atoms with Crippen molar-refractivity contribution in [2.45, 2.75) is 12.8 Å². The van der Waals surface area contributed by atoms with Crippen LogP contribution in [0.1, 0.15) is 12.8 Å². The van der Waals surface area contributed by atoms with E-state index in [1.165, 1.54) is 0 Å². The highest BCUT2D eigenvalue weighted by Crippen LogP contribution is 2.26. The fourth-order valence-electron chi connectivity index (χ4n) is 2.48. The Hall–Kier alpha value is -2.28. The van der Waals surface area contributed by atoms with Gasteiger partial charge in [-0.05, 0) is 25.0 Å². The number of hydrazine groups is 1. The van der Waals surface area contributed by atoms with E-state index < -0.39 is 0 Å². The number of carbonyl (C=O) groups is 2. The molecule has 22 heavy (non-hydrogen) atoms. The molecule has 1 aromatic rings. The fourth-order valence-corrected chi connectivity index (χ4v) is 2.48. The molecule has 120 valence electrons. The lowest BCUT2D eigenvalue weighted by Gasteiger charge is -2.31. The number of ether oxygens (including phenoxy) is 2. The molecule has 7 heteroatoms. The van der Waals surface area contributed by atoms with Crippen LogP contribution in [0.25, 0.3) is 0 Å². The van der Waals surface area contributed by atoms with E-state index in [2.05, 4.69) is 5.43 Å². The lowest BCUT2D eigenvalue weighted by atomic mass is 9.96. The van der Waals surface area contributed by atoms with Gasteiger partial charge in [0.05, 0.1) is 7.11 Å². The first kappa shape index (κ1) is 16.1. The third kappa shape index (κ3) is 3.88. The number of benzene rings is 1. The summed E-state index contributed by atoms with van der Waals surface area (Å²) in [6, 6.07) is 7.18. The van der Waals surface area contributed by atoms with Crippen LogP contribution in [0.2, 0.25) is 0 Å². The van der Waals surface area contributed by atoms with Crippen molar-refractivity contribution in [2.24, 2.45) is 11.8 Å². The molecule has 1 aromatic carbocycles. The Kier molecular flexibility index (Phi) is 5.60. The molecule has 2 amide bonds. The molecule has 2 rings (SSSR count). The smallest absolute Gasteiger partial charge is 0.260 e. The molecule has 0 saturated carbocycles. The van der Waals surface area contributed by atoms with Gasteiger partial charge in [0.25, 0.3) is 5.91 Å². The number of likely N-dealkylation sites (tertiary alicyclic amines) is 1. The topological polar surface area (TPSA) is 93.9 Å². The van der Waals surface area contributed by atoms with E-state index in [0.717, 1.165) is 0 Å². The number of hydrogen-bond acceptors (Lipinski definition) is 5. The summed E-state index contributed by atoms with van der Waals surface area (Å²) in [5, 5.41) is 0. The summed E-state index contributed by atoms with van der Waals surface area (Å²) in [5.41, 5.74) is 2.16. The molecule has 0 aromatic heterocycles. The molecule has 1 saturated heterocycles. The SMILES string of the molecule is COc1ccccc1OCC(=O)N1CCC(C(=O)NN)CC1. The number of nitrogens with two attached hydrogens (primary N) is 1. The van der Waals surface area contributed by atoms with E-state index in [9.17, 15) is 9.59 Å². The zero-order valence-corrected chi connectivity index (χ0v) is 12.6. The minimum Gasteiger partial charge on any atom is -0.493 e. The highest BCUT2D eigenvalue weighted by Gasteiger charge is 2.27. The van der Waals surface area contributed by atoms with Crippen LogP contribution in [0.15, 0.2) is 24.3 Å². The van der Waals surface area contributed by atoms with Crippen molar-refractivity contribution in [3.05, 3.63) is 24.3 Å². The van der Waals surface area contributed by atoms with E-state index in [1.807, 2.05) is 12.1 Å². The first-order chi connectivity index (χ1) is 10.7. The minimum atomic E-state index is -0.169. The van der Waals surface area contributed by atoms with Crippen molar-refractivity contribution < 1.29 is 19.1 Å². The Bertz CT molecular complexity index is 527. The second-order valence-electron chi connectivity index (χ2n) is 5.10. The average Bonchev–Trinajstić information content (AvgIpc) is 2.59. The zero-order valence-electron chi connectivity index (χ0n) is 12.6. The number of para-hydroxylation sites is 2. The van der Waals surface area contributed by atoms with Crippen LogP contribution in [0, 0.1) is 5.92 Å². The minimum absolute atomic E-state index is 0.0475. The summed E-state index contributed by atoms with van der Waals surface area (Å²) in [4.78, 5) is 25.3. The van der Waals surface area contributed by atoms with Gasteiger partial charge < -0.3 is 14.4 Å². The van der Waals surface area contributed by atoms with Gasteiger partial charge in [-0.3, -0.25) is 15.0 Å². The third-order valence-electron chi connectivity index (χ3n) is 3.78. The Labute approximate surface area is 129 Å². The number of nitrogens with zero attached hydrogens (tertiary/aromatic N) is 1. The van der Waals surface area contributed by atoms with Gasteiger partial charge in [-0.15, -0.1) is 0 Å². The predicted molar refractivity (Wildman–Crippen MR) is 80.1 cm³/mol. The normalized spacial score (nSPS) is 15.3. The maximum absolute atomic E-state index is 12.2. The van der Waals surface area contributed by atoms with Crippen molar-refractivity contribution in [3.63, 3.8) is 0 Å². The summed E-state index contributed by atoms with van der Waals surface area (Å²) in [5.74, 6) is 5.86. The zero-order chi connectivity index (χ0) is 15.9. The lowest BCUT2D eigenvalue weighted by molar-refractivity contribution is -0.137. The highest BCUT2D eigenvalue weighted by molar-refractivity contribution is 5.80. The van der Waals surface area contributed by atoms with Gasteiger partial charge >= 0.3 is 0 Å². The summed E-state index contributed by atoms with van der Waals surface area (Å²) < 4.78 is 10.7. The molecular formula is C15H21N3O4. The van der Waals surface area contributed by atoms with Gasteiger partial charge in [-0.1, -0.05) is 12.1 Å². The first-order valence-corrected chi connectivity index (χ1v) is 7.19. The summed E-state index contributed by atoms with van der Waals surface area (Å²) >= 11 is 0. The number of methoxy groups -OCH3 is 1. The summed E-state index contributed by atoms with van der Waals surface area (Å²) in [6.07, 6.45) is 1.23. The van der Waals surface area contributed by atoms with Gasteiger partial charge in [0.1, 0.15) is 0 Å². The van der Waals surface area contributed by atoms with E-state index in [1.54, 1.807) is 24.1 Å². The Morgan fingerprint density at radius 2 is 1.91 bits per heavy atom. The predicted octanol–water partition coefficient (Wildman–Crippen LogP) is 0.303. The van der Waals surface area contributed by atoms with Crippen molar-refractivity contribution in [1.29, 1.82) is 0 Å². The monoisotopic (exact) mass is 307 g/mol. The van der Waals surface area contributed by atoms with Crippen LogP contribution in [0.3, 0.4) is 0 Å². The number of hydrogen-bond donors (Lipinski definition) is 2. The van der Waals surface area contributed by atoms with Crippen LogP contribution >= 0.6 is 0 Å². The molecule has 1 aliphatic heterocycles. The molecule has 0 spiro atoms. The van der Waals surface area contributed by atoms with Crippen LogP contribution in [-0.2, 0) is 9.59 Å². The lowest BCUT2D eigenvalue weighted by Crippen LogP contribution is -2.45. The molecule has 0 aliphatic carbocycles. The van der Waals surface area contributed by atoms with E-state index in [4.69, 9.17) is 15.3 Å². The largest absolute Gasteiger partial charge is 0.493 e. The maximum Gasteiger partial charge on any atom is 0.260 e. The van der Waals surface area contributed by atoms with Gasteiger partial charge in [0, 0.05) is 19.0 Å². The van der Waals surface area contributed by atoms with Crippen LogP contribution in [0.4, 0.5) is 0 Å². The first-order valence-electron chi connectivity index (χ1n) is 7.19. The van der Waals surface area contributed by atoms with E-state index in [-0.39, 0.29) is 24.3 Å². The number of nitrogens with one attached hydrogen (secondary N) is 1. The maximum atomic E-state index is 12.2. The second kappa shape index (κ2) is 7.65. The number of carbonyl (C=O) groups excluding carboxylic acids is 2. The molecule has 3 N–H and O–H groups in total. The molecule has 0 unspecified atom stereocenters. The Morgan fingerprint density at radius 3 is 2.50 bits per heavy atom. The third-order valence-corrected chi connectivity index (χ3v) is 3.78. The molecule has 0 bridgehead atoms. The van der Waals surface area contributed by atoms with Crippen molar-refractivity contribution in [1.82, 2.24) is 10.3 Å². The molecule has 0 atom stereocenters. The van der Waals surface area contributed by atoms with E-state index in [0.29, 0.717) is 37.4 Å². The number of amides is 2. The molecular weight excluding hydrogens is 286 g/mol. The highest BCUT2D eigenvalue weighted by atomic mass is 16.5. The van der Waals surface area contributed by atoms with Gasteiger partial charge in [-0.25, -0.2) is 5.84 Å². The van der Waals surface area contributed by atoms with Gasteiger partial charge in [0.2, 0.25) is 5.91 Å². The van der Waals surface area contributed by atoms with Gasteiger partial charge in [-0.2, -0.15) is 0 Å². The fraction of sp³-hybridized carbons (Fsp3) is 0.467. The molecule has 7 nitrogen and oxygen atoms in total. The number of piperidine rings is 1. The standard InChI is InChI=1S/C15H21N3O4/c1-21-12-4-2-3-5-13(12)22-10-14(19)18-8-6-11(7-9-18)15(20)17-16/h2-5,11H,6-10,16H2,1H3,(H,17,20). The summed E-state index contributed by atoms with van der Waals surface area (Å²) in [7, 11) is 1.55. The van der Waals surface area contributed by atoms with E-state index >= 15 is 0 Å². The molecule has 1 heterocycles. The van der Waals surface area contributed by atoms with Gasteiger partial charge in [0.15, 0.2) is 18.1 Å². The number of rotatable bonds is 5.